The van der Waals surface area contributed by atoms with Crippen molar-refractivity contribution in [2.75, 3.05) is 25.6 Å². The van der Waals surface area contributed by atoms with Gasteiger partial charge in [0.05, 0.1) is 34.3 Å². The van der Waals surface area contributed by atoms with Crippen LogP contribution in [0.15, 0.2) is 29.3 Å². The molecule has 2 aromatic heterocycles. The third kappa shape index (κ3) is 4.81. The lowest BCUT2D eigenvalue weighted by atomic mass is 10.1. The van der Waals surface area contributed by atoms with E-state index in [0.29, 0.717) is 0 Å². The van der Waals surface area contributed by atoms with Crippen molar-refractivity contribution in [1.82, 2.24) is 9.55 Å². The Hall–Kier alpha value is -3.64. The molecular weight excluding hydrogens is 443 g/mol. The number of nitrogens with two attached hydrogens (primary N) is 1. The number of carbonyl (C=O) groups is 3. The number of methoxy groups -OCH3 is 1. The number of hydrogen-bond acceptors (Lipinski definition) is 8. The molecule has 0 unspecified atom stereocenters. The molecule has 0 fully saturated rings. The van der Waals surface area contributed by atoms with E-state index in [-0.39, 0.29) is 45.1 Å². The van der Waals surface area contributed by atoms with Crippen LogP contribution in [-0.2, 0) is 20.8 Å². The Bertz CT molecular complexity index is 1270. The number of carbonyl (C=O) groups excluding carboxylic acids is 3. The van der Waals surface area contributed by atoms with Gasteiger partial charge in [0.15, 0.2) is 0 Å². The summed E-state index contributed by atoms with van der Waals surface area (Å²) in [6, 6.07) is 3.52. The largest absolute Gasteiger partial charge is 0.460 e. The van der Waals surface area contributed by atoms with Crippen LogP contribution in [0.5, 0.6) is 0 Å². The van der Waals surface area contributed by atoms with E-state index in [0.717, 1.165) is 34.4 Å². The van der Waals surface area contributed by atoms with E-state index in [1.807, 2.05) is 0 Å². The van der Waals surface area contributed by atoms with Crippen LogP contribution in [-0.4, -0.2) is 47.7 Å². The molecule has 1 aromatic carbocycles. The summed E-state index contributed by atoms with van der Waals surface area (Å²) in [6.07, 6.45) is 1.12. The number of rotatable bonds is 8. The van der Waals surface area contributed by atoms with Crippen molar-refractivity contribution in [3.63, 3.8) is 0 Å². The summed E-state index contributed by atoms with van der Waals surface area (Å²) in [5.41, 5.74) is 5.25. The van der Waals surface area contributed by atoms with Crippen LogP contribution in [0.2, 0.25) is 0 Å². The minimum absolute atomic E-state index is 0.00675. The van der Waals surface area contributed by atoms with E-state index in [4.69, 9.17) is 15.2 Å². The van der Waals surface area contributed by atoms with Gasteiger partial charge in [-0.1, -0.05) is 0 Å². The zero-order valence-electron chi connectivity index (χ0n) is 17.1. The van der Waals surface area contributed by atoms with E-state index < -0.39 is 35.7 Å². The first-order chi connectivity index (χ1) is 15.2. The summed E-state index contributed by atoms with van der Waals surface area (Å²) in [5, 5.41) is 2.73. The fraction of sp³-hybridized carbons (Fsp3) is 0.250. The highest BCUT2D eigenvalue weighted by Gasteiger charge is 2.26. The number of thiophene rings is 1. The number of primary amides is 1. The molecule has 12 heteroatoms. The monoisotopic (exact) mass is 462 g/mol. The fourth-order valence-electron chi connectivity index (χ4n) is 2.94. The molecule has 3 rings (SSSR count). The highest BCUT2D eigenvalue weighted by atomic mass is 32.1. The molecular formula is C20H19FN4O6S. The number of esters is 1. The first kappa shape index (κ1) is 23.0. The number of amides is 2. The van der Waals surface area contributed by atoms with Gasteiger partial charge >= 0.3 is 5.97 Å². The van der Waals surface area contributed by atoms with Crippen LogP contribution < -0.4 is 16.6 Å². The summed E-state index contributed by atoms with van der Waals surface area (Å²) in [6.45, 7) is 1.22. The first-order valence-electron chi connectivity index (χ1n) is 9.26. The SMILES string of the molecule is COCCOC(=O)c1c(NC(=O)Cn2cnc3cc(F)ccc3c2=O)sc(C(N)=O)c1C. The quantitative estimate of drug-likeness (QED) is 0.381. The third-order valence-electron chi connectivity index (χ3n) is 4.45. The van der Waals surface area contributed by atoms with Gasteiger partial charge in [0.25, 0.3) is 11.5 Å². The number of fused-ring (bicyclic) bond motifs is 1. The van der Waals surface area contributed by atoms with Crippen molar-refractivity contribution >= 4 is 45.0 Å². The van der Waals surface area contributed by atoms with Gasteiger partial charge in [-0.25, -0.2) is 14.2 Å². The highest BCUT2D eigenvalue weighted by Crippen LogP contribution is 2.33. The maximum absolute atomic E-state index is 13.3. The molecule has 10 nitrogen and oxygen atoms in total. The van der Waals surface area contributed by atoms with E-state index in [1.165, 1.54) is 20.1 Å². The van der Waals surface area contributed by atoms with Gasteiger partial charge in [-0.2, -0.15) is 0 Å². The second-order valence-corrected chi connectivity index (χ2v) is 7.66. The van der Waals surface area contributed by atoms with E-state index in [2.05, 4.69) is 10.3 Å². The smallest absolute Gasteiger partial charge is 0.341 e. The van der Waals surface area contributed by atoms with Crippen LogP contribution >= 0.6 is 11.3 Å². The molecule has 32 heavy (non-hydrogen) atoms. The Kier molecular flexibility index (Phi) is 6.95. The Labute approximate surface area is 184 Å². The van der Waals surface area contributed by atoms with Crippen molar-refractivity contribution in [3.05, 3.63) is 56.7 Å². The van der Waals surface area contributed by atoms with Crippen molar-refractivity contribution in [1.29, 1.82) is 0 Å². The van der Waals surface area contributed by atoms with Crippen LogP contribution in [0.1, 0.15) is 25.6 Å². The van der Waals surface area contributed by atoms with Gasteiger partial charge in [-0.3, -0.25) is 19.0 Å². The normalized spacial score (nSPS) is 10.8. The average Bonchev–Trinajstić information content (AvgIpc) is 3.06. The van der Waals surface area contributed by atoms with Crippen molar-refractivity contribution < 1.29 is 28.2 Å². The number of benzene rings is 1. The molecule has 2 heterocycles. The summed E-state index contributed by atoms with van der Waals surface area (Å²) < 4.78 is 24.3. The molecule has 168 valence electrons. The standard InChI is InChI=1S/C20H19FN4O6S/c1-10-15(20(29)31-6-5-30-2)18(32-16(10)17(22)27)24-14(26)8-25-9-23-13-7-11(21)3-4-12(13)19(25)28/h3-4,7,9H,5-6,8H2,1-2H3,(H2,22,27)(H,24,26). The number of ether oxygens (including phenoxy) is 2. The second kappa shape index (κ2) is 9.66. The number of nitrogens with one attached hydrogen (secondary N) is 1. The van der Waals surface area contributed by atoms with E-state index >= 15 is 0 Å². The van der Waals surface area contributed by atoms with Gasteiger partial charge < -0.3 is 20.5 Å². The summed E-state index contributed by atoms with van der Waals surface area (Å²) in [5.74, 6) is -2.71. The lowest BCUT2D eigenvalue weighted by Gasteiger charge is -2.09. The molecule has 0 atom stereocenters. The molecule has 0 aliphatic carbocycles. The molecule has 0 saturated carbocycles. The molecule has 3 aromatic rings. The number of hydrogen-bond donors (Lipinski definition) is 2. The van der Waals surface area contributed by atoms with Crippen molar-refractivity contribution in [3.8, 4) is 0 Å². The molecule has 0 bridgehead atoms. The van der Waals surface area contributed by atoms with Crippen LogP contribution in [0.3, 0.4) is 0 Å². The second-order valence-electron chi connectivity index (χ2n) is 6.64. The number of aromatic nitrogens is 2. The first-order valence-corrected chi connectivity index (χ1v) is 10.1. The van der Waals surface area contributed by atoms with Crippen molar-refractivity contribution in [2.24, 2.45) is 5.73 Å². The number of anilines is 1. The summed E-state index contributed by atoms with van der Waals surface area (Å²) in [4.78, 5) is 53.5. The summed E-state index contributed by atoms with van der Waals surface area (Å²) in [7, 11) is 1.45. The molecule has 0 saturated heterocycles. The van der Waals surface area contributed by atoms with E-state index in [9.17, 15) is 23.6 Å². The van der Waals surface area contributed by atoms with Crippen LogP contribution in [0, 0.1) is 12.7 Å². The Morgan fingerprint density at radius 3 is 2.72 bits per heavy atom. The van der Waals surface area contributed by atoms with Gasteiger partial charge in [-0.05, 0) is 24.6 Å². The molecule has 0 aliphatic heterocycles. The third-order valence-corrected chi connectivity index (χ3v) is 5.67. The Balaban J connectivity index is 1.86. The Morgan fingerprint density at radius 2 is 2.03 bits per heavy atom. The minimum Gasteiger partial charge on any atom is -0.460 e. The topological polar surface area (TPSA) is 143 Å². The van der Waals surface area contributed by atoms with Gasteiger partial charge in [0.1, 0.15) is 24.0 Å². The van der Waals surface area contributed by atoms with Gasteiger partial charge in [-0.15, -0.1) is 11.3 Å². The lowest BCUT2D eigenvalue weighted by Crippen LogP contribution is -2.28. The zero-order chi connectivity index (χ0) is 23.4. The number of nitrogens with zero attached hydrogens (tertiary/aromatic N) is 2. The Morgan fingerprint density at radius 1 is 1.28 bits per heavy atom. The van der Waals surface area contributed by atoms with Crippen LogP contribution in [0.4, 0.5) is 9.39 Å². The highest BCUT2D eigenvalue weighted by molar-refractivity contribution is 7.18. The minimum atomic E-state index is -0.763. The average molecular weight is 462 g/mol. The fourth-order valence-corrected chi connectivity index (χ4v) is 4.00. The predicted molar refractivity (Wildman–Crippen MR) is 114 cm³/mol. The zero-order valence-corrected chi connectivity index (χ0v) is 18.0. The lowest BCUT2D eigenvalue weighted by molar-refractivity contribution is -0.116. The molecule has 0 radical (unpaired) electrons. The maximum atomic E-state index is 13.3. The summed E-state index contributed by atoms with van der Waals surface area (Å²) >= 11 is 0.826. The van der Waals surface area contributed by atoms with E-state index in [1.54, 1.807) is 0 Å². The molecule has 0 spiro atoms. The maximum Gasteiger partial charge on any atom is 0.341 e. The van der Waals surface area contributed by atoms with Crippen LogP contribution in [0.25, 0.3) is 10.9 Å². The number of halogens is 1. The van der Waals surface area contributed by atoms with Crippen molar-refractivity contribution in [2.45, 2.75) is 13.5 Å². The molecule has 3 N–H and O–H groups in total. The molecule has 0 aliphatic rings. The van der Waals surface area contributed by atoms with Gasteiger partial charge in [0, 0.05) is 13.2 Å². The molecule has 2 amide bonds. The van der Waals surface area contributed by atoms with Gasteiger partial charge in [0.2, 0.25) is 5.91 Å². The predicted octanol–water partition coefficient (Wildman–Crippen LogP) is 1.45.